The van der Waals surface area contributed by atoms with Crippen LogP contribution in [0.5, 0.6) is 5.88 Å². The second kappa shape index (κ2) is 6.95. The first-order chi connectivity index (χ1) is 12.7. The van der Waals surface area contributed by atoms with Crippen LogP contribution >= 0.6 is 0 Å². The minimum Gasteiger partial charge on any atom is -0.470 e. The number of hydrogen-bond donors (Lipinski definition) is 0. The second-order valence-electron chi connectivity index (χ2n) is 6.59. The summed E-state index contributed by atoms with van der Waals surface area (Å²) in [6.07, 6.45) is 6.45. The van der Waals surface area contributed by atoms with Gasteiger partial charge in [-0.2, -0.15) is 0 Å². The van der Waals surface area contributed by atoms with E-state index in [-0.39, 0.29) is 29.3 Å². The predicted octanol–water partition coefficient (Wildman–Crippen LogP) is 1.85. The van der Waals surface area contributed by atoms with E-state index in [9.17, 15) is 9.18 Å². The normalized spacial score (nSPS) is 21.7. The van der Waals surface area contributed by atoms with Gasteiger partial charge in [-0.15, -0.1) is 0 Å². The minimum absolute atomic E-state index is 0.00647. The number of piperidine rings is 1. The Kier molecular flexibility index (Phi) is 4.50. The fourth-order valence-corrected chi connectivity index (χ4v) is 3.51. The number of hydrogen-bond acceptors (Lipinski definition) is 6. The summed E-state index contributed by atoms with van der Waals surface area (Å²) >= 11 is 0. The molecule has 0 N–H and O–H groups in total. The number of nitrogens with zero attached hydrogens (tertiary/aromatic N) is 4. The monoisotopic (exact) mass is 358 g/mol. The van der Waals surface area contributed by atoms with Crippen LogP contribution in [0.2, 0.25) is 0 Å². The topological polar surface area (TPSA) is 77.4 Å². The third-order valence-corrected chi connectivity index (χ3v) is 4.90. The molecule has 7 nitrogen and oxygen atoms in total. The van der Waals surface area contributed by atoms with E-state index in [1.165, 1.54) is 18.3 Å². The van der Waals surface area contributed by atoms with Gasteiger partial charge in [0, 0.05) is 38.1 Å². The molecule has 4 rings (SSSR count). The molecule has 1 spiro atoms. The van der Waals surface area contributed by atoms with E-state index < -0.39 is 5.82 Å². The summed E-state index contributed by atoms with van der Waals surface area (Å²) in [7, 11) is 0. The van der Waals surface area contributed by atoms with Crippen molar-refractivity contribution in [1.29, 1.82) is 0 Å². The van der Waals surface area contributed by atoms with E-state index in [4.69, 9.17) is 9.47 Å². The van der Waals surface area contributed by atoms with Gasteiger partial charge in [0.15, 0.2) is 5.82 Å². The van der Waals surface area contributed by atoms with Crippen LogP contribution in [0.4, 0.5) is 4.39 Å². The maximum absolute atomic E-state index is 13.7. The maximum Gasteiger partial charge on any atom is 0.291 e. The van der Waals surface area contributed by atoms with Gasteiger partial charge in [-0.25, -0.2) is 19.3 Å². The molecule has 2 aliphatic rings. The molecule has 1 atom stereocenters. The fraction of sp³-hybridized carbons (Fsp3) is 0.444. The van der Waals surface area contributed by atoms with Crippen LogP contribution < -0.4 is 4.74 Å². The highest BCUT2D eigenvalue weighted by Gasteiger charge is 2.44. The minimum atomic E-state index is -0.475. The highest BCUT2D eigenvalue weighted by molar-refractivity contribution is 5.90. The van der Waals surface area contributed by atoms with Gasteiger partial charge in [0.1, 0.15) is 6.10 Å². The van der Waals surface area contributed by atoms with Crippen LogP contribution in [0, 0.1) is 5.82 Å². The standard InChI is InChI=1S/C18H19FN4O3/c19-14-3-1-6-22-16(14)26-13-11-18(25-12-13)4-9-23(10-5-18)17(24)15-20-7-2-8-21-15/h1-3,6-8,13H,4-5,9-12H2/t13-/m0/s1. The molecule has 2 aliphatic heterocycles. The predicted molar refractivity (Wildman–Crippen MR) is 89.1 cm³/mol. The molecule has 136 valence electrons. The van der Waals surface area contributed by atoms with Crippen molar-refractivity contribution in [2.24, 2.45) is 0 Å². The van der Waals surface area contributed by atoms with Crippen molar-refractivity contribution >= 4 is 5.91 Å². The van der Waals surface area contributed by atoms with Gasteiger partial charge < -0.3 is 14.4 Å². The van der Waals surface area contributed by atoms with Crippen molar-refractivity contribution in [2.75, 3.05) is 19.7 Å². The van der Waals surface area contributed by atoms with Crippen LogP contribution in [0.1, 0.15) is 29.9 Å². The van der Waals surface area contributed by atoms with Gasteiger partial charge in [-0.1, -0.05) is 0 Å². The number of ether oxygens (including phenoxy) is 2. The molecular formula is C18H19FN4O3. The Bertz CT molecular complexity index is 781. The van der Waals surface area contributed by atoms with Gasteiger partial charge in [-0.3, -0.25) is 4.79 Å². The molecule has 1 amide bonds. The van der Waals surface area contributed by atoms with Crippen molar-refractivity contribution in [3.8, 4) is 5.88 Å². The summed E-state index contributed by atoms with van der Waals surface area (Å²) in [5, 5.41) is 0. The molecule has 2 aromatic heterocycles. The molecule has 26 heavy (non-hydrogen) atoms. The summed E-state index contributed by atoms with van der Waals surface area (Å²) in [5.41, 5.74) is -0.329. The Morgan fingerprint density at radius 2 is 1.92 bits per heavy atom. The number of carbonyl (C=O) groups is 1. The van der Waals surface area contributed by atoms with Crippen molar-refractivity contribution in [1.82, 2.24) is 19.9 Å². The van der Waals surface area contributed by atoms with Crippen LogP contribution in [-0.2, 0) is 4.74 Å². The zero-order chi connectivity index (χ0) is 18.0. The zero-order valence-corrected chi connectivity index (χ0v) is 14.2. The first-order valence-corrected chi connectivity index (χ1v) is 8.63. The number of likely N-dealkylation sites (tertiary alicyclic amines) is 1. The fourth-order valence-electron chi connectivity index (χ4n) is 3.51. The van der Waals surface area contributed by atoms with Crippen molar-refractivity contribution in [3.63, 3.8) is 0 Å². The second-order valence-corrected chi connectivity index (χ2v) is 6.59. The summed E-state index contributed by atoms with van der Waals surface area (Å²) < 4.78 is 25.4. The molecule has 4 heterocycles. The van der Waals surface area contributed by atoms with Crippen LogP contribution in [0.15, 0.2) is 36.8 Å². The summed E-state index contributed by atoms with van der Waals surface area (Å²) in [6.45, 7) is 1.54. The van der Waals surface area contributed by atoms with E-state index in [1.807, 2.05) is 0 Å². The van der Waals surface area contributed by atoms with Crippen molar-refractivity contribution < 1.29 is 18.7 Å². The number of rotatable bonds is 3. The molecular weight excluding hydrogens is 339 g/mol. The molecule has 0 bridgehead atoms. The number of carbonyl (C=O) groups excluding carboxylic acids is 1. The van der Waals surface area contributed by atoms with E-state index in [0.29, 0.717) is 39.0 Å². The van der Waals surface area contributed by atoms with E-state index in [1.54, 1.807) is 23.4 Å². The Hall–Kier alpha value is -2.61. The molecule has 2 aromatic rings. The number of amides is 1. The van der Waals surface area contributed by atoms with Crippen molar-refractivity contribution in [2.45, 2.75) is 31.0 Å². The Morgan fingerprint density at radius 3 is 2.65 bits per heavy atom. The average molecular weight is 358 g/mol. The molecule has 0 saturated carbocycles. The summed E-state index contributed by atoms with van der Waals surface area (Å²) in [6, 6.07) is 4.53. The number of pyridine rings is 1. The van der Waals surface area contributed by atoms with Gasteiger partial charge in [-0.05, 0) is 31.0 Å². The van der Waals surface area contributed by atoms with Crippen LogP contribution in [-0.4, -0.2) is 57.2 Å². The first-order valence-electron chi connectivity index (χ1n) is 8.63. The number of aromatic nitrogens is 3. The third kappa shape index (κ3) is 3.37. The van der Waals surface area contributed by atoms with Gasteiger partial charge >= 0.3 is 0 Å². The molecule has 2 fully saturated rings. The van der Waals surface area contributed by atoms with E-state index >= 15 is 0 Å². The molecule has 0 aromatic carbocycles. The lowest BCUT2D eigenvalue weighted by molar-refractivity contribution is -0.0397. The summed E-state index contributed by atoms with van der Waals surface area (Å²) in [5.74, 6) is -0.423. The zero-order valence-electron chi connectivity index (χ0n) is 14.2. The molecule has 0 unspecified atom stereocenters. The lowest BCUT2D eigenvalue weighted by atomic mass is 9.88. The Labute approximate surface area is 150 Å². The summed E-state index contributed by atoms with van der Waals surface area (Å²) in [4.78, 5) is 26.1. The SMILES string of the molecule is O=C(c1ncccn1)N1CCC2(CC1)C[C@H](Oc1ncccc1F)CO2. The lowest BCUT2D eigenvalue weighted by Crippen LogP contribution is -2.47. The molecule has 8 heteroatoms. The Balaban J connectivity index is 1.34. The average Bonchev–Trinajstić information content (AvgIpc) is 3.06. The molecule has 0 aliphatic carbocycles. The smallest absolute Gasteiger partial charge is 0.291 e. The highest BCUT2D eigenvalue weighted by atomic mass is 19.1. The van der Waals surface area contributed by atoms with Crippen LogP contribution in [0.3, 0.4) is 0 Å². The van der Waals surface area contributed by atoms with Crippen LogP contribution in [0.25, 0.3) is 0 Å². The van der Waals surface area contributed by atoms with Crippen molar-refractivity contribution in [3.05, 3.63) is 48.4 Å². The van der Waals surface area contributed by atoms with Gasteiger partial charge in [0.2, 0.25) is 5.82 Å². The molecule has 2 saturated heterocycles. The molecule has 0 radical (unpaired) electrons. The largest absolute Gasteiger partial charge is 0.470 e. The highest BCUT2D eigenvalue weighted by Crippen LogP contribution is 2.37. The van der Waals surface area contributed by atoms with Gasteiger partial charge in [0.25, 0.3) is 11.8 Å². The third-order valence-electron chi connectivity index (χ3n) is 4.90. The Morgan fingerprint density at radius 1 is 1.19 bits per heavy atom. The van der Waals surface area contributed by atoms with Gasteiger partial charge in [0.05, 0.1) is 12.2 Å². The quantitative estimate of drug-likeness (QED) is 0.833. The first kappa shape index (κ1) is 16.8. The van der Waals surface area contributed by atoms with E-state index in [2.05, 4.69) is 15.0 Å². The van der Waals surface area contributed by atoms with E-state index in [0.717, 1.165) is 0 Å². The lowest BCUT2D eigenvalue weighted by Gasteiger charge is -2.38. The number of halogens is 1. The maximum atomic E-state index is 13.7.